The molecule has 3 aromatic rings. The Balaban J connectivity index is 1.78. The van der Waals surface area contributed by atoms with Gasteiger partial charge < -0.3 is 9.47 Å². The van der Waals surface area contributed by atoms with Gasteiger partial charge >= 0.3 is 5.97 Å². The molecule has 0 unspecified atom stereocenters. The molecule has 0 spiro atoms. The molecule has 156 valence electrons. The summed E-state index contributed by atoms with van der Waals surface area (Å²) < 4.78 is 39.4. The summed E-state index contributed by atoms with van der Waals surface area (Å²) in [5.41, 5.74) is 1.13. The van der Waals surface area contributed by atoms with Gasteiger partial charge in [0.25, 0.3) is 0 Å². The van der Waals surface area contributed by atoms with E-state index in [0.717, 1.165) is 17.7 Å². The van der Waals surface area contributed by atoms with Gasteiger partial charge in [-0.25, -0.2) is 13.6 Å². The number of hydrogen-bond donors (Lipinski definition) is 0. The summed E-state index contributed by atoms with van der Waals surface area (Å²) in [7, 11) is 0. The maximum Gasteiger partial charge on any atom is 0.346 e. The maximum absolute atomic E-state index is 14.5. The molecule has 0 bridgehead atoms. The van der Waals surface area contributed by atoms with E-state index in [9.17, 15) is 13.6 Å². The van der Waals surface area contributed by atoms with Crippen molar-refractivity contribution in [2.45, 2.75) is 27.2 Å². The number of benzene rings is 2. The number of carbonyl (C=O) groups excluding carboxylic acids is 1. The summed E-state index contributed by atoms with van der Waals surface area (Å²) in [4.78, 5) is 16.4. The van der Waals surface area contributed by atoms with E-state index in [-0.39, 0.29) is 11.5 Å². The highest BCUT2D eigenvalue weighted by Gasteiger charge is 2.20. The molecule has 0 aliphatic rings. The van der Waals surface area contributed by atoms with Crippen molar-refractivity contribution in [1.82, 2.24) is 4.98 Å². The number of ether oxygens (including phenoxy) is 2. The van der Waals surface area contributed by atoms with E-state index in [2.05, 4.69) is 4.98 Å². The van der Waals surface area contributed by atoms with Gasteiger partial charge in [0.15, 0.2) is 11.6 Å². The molecule has 0 atom stereocenters. The van der Waals surface area contributed by atoms with E-state index in [1.54, 1.807) is 24.3 Å². The second-order valence-electron chi connectivity index (χ2n) is 7.26. The number of aromatic nitrogens is 1. The molecule has 0 amide bonds. The molecule has 0 radical (unpaired) electrons. The zero-order valence-electron chi connectivity index (χ0n) is 16.7. The molecule has 7 heteroatoms. The normalized spacial score (nSPS) is 10.9. The Hall–Kier alpha value is -2.99. The topological polar surface area (TPSA) is 48.4 Å². The Morgan fingerprint density at radius 3 is 2.40 bits per heavy atom. The van der Waals surface area contributed by atoms with Gasteiger partial charge in [0.2, 0.25) is 0 Å². The minimum atomic E-state index is -1.01. The highest BCUT2D eigenvalue weighted by molar-refractivity contribution is 6.31. The third kappa shape index (κ3) is 5.33. The molecule has 1 aromatic heterocycles. The lowest BCUT2D eigenvalue weighted by molar-refractivity contribution is 0.0729. The highest BCUT2D eigenvalue weighted by atomic mass is 35.5. The quantitative estimate of drug-likeness (QED) is 0.329. The lowest BCUT2D eigenvalue weighted by atomic mass is 10.1. The van der Waals surface area contributed by atoms with Crippen LogP contribution in [-0.4, -0.2) is 11.0 Å². The fourth-order valence-electron chi connectivity index (χ4n) is 2.70. The zero-order valence-corrected chi connectivity index (χ0v) is 17.5. The van der Waals surface area contributed by atoms with Gasteiger partial charge in [-0.05, 0) is 37.5 Å². The van der Waals surface area contributed by atoms with E-state index >= 15 is 0 Å². The molecule has 0 fully saturated rings. The molecule has 2 aromatic carbocycles. The maximum atomic E-state index is 14.5. The molecule has 3 rings (SSSR count). The zero-order chi connectivity index (χ0) is 21.8. The lowest BCUT2D eigenvalue weighted by Crippen LogP contribution is -2.11. The molecule has 0 saturated carbocycles. The summed E-state index contributed by atoms with van der Waals surface area (Å²) >= 11 is 6.19. The summed E-state index contributed by atoms with van der Waals surface area (Å²) in [5.74, 6) is -2.55. The van der Waals surface area contributed by atoms with Gasteiger partial charge in [-0.2, -0.15) is 0 Å². The van der Waals surface area contributed by atoms with Crippen LogP contribution in [0.2, 0.25) is 5.02 Å². The Bertz CT molecular complexity index is 1070. The van der Waals surface area contributed by atoms with Crippen LogP contribution >= 0.6 is 11.6 Å². The number of carbonyl (C=O) groups is 1. The first-order valence-corrected chi connectivity index (χ1v) is 9.71. The number of pyridine rings is 1. The van der Waals surface area contributed by atoms with Crippen molar-refractivity contribution in [3.63, 3.8) is 0 Å². The average molecular weight is 432 g/mol. The van der Waals surface area contributed by atoms with Gasteiger partial charge in [0.1, 0.15) is 17.3 Å². The first-order valence-electron chi connectivity index (χ1n) is 9.33. The summed E-state index contributed by atoms with van der Waals surface area (Å²) in [6.45, 7) is 5.94. The lowest BCUT2D eigenvalue weighted by Gasteiger charge is -2.11. The molecule has 0 saturated heterocycles. The molecule has 1 heterocycles. The molecule has 0 aliphatic heterocycles. The molecular weight excluding hydrogens is 412 g/mol. The van der Waals surface area contributed by atoms with Gasteiger partial charge in [-0.15, -0.1) is 0 Å². The van der Waals surface area contributed by atoms with Crippen LogP contribution in [0.4, 0.5) is 8.78 Å². The van der Waals surface area contributed by atoms with Crippen LogP contribution in [0.1, 0.15) is 35.5 Å². The molecule has 0 aliphatic carbocycles. The summed E-state index contributed by atoms with van der Waals surface area (Å²) in [6.07, 6.45) is 2.07. The van der Waals surface area contributed by atoms with Gasteiger partial charge in [-0.1, -0.05) is 43.1 Å². The Morgan fingerprint density at radius 1 is 1.07 bits per heavy atom. The molecular formula is C23H20ClF2NO3. The molecule has 0 N–H and O–H groups in total. The predicted molar refractivity (Wildman–Crippen MR) is 110 cm³/mol. The Kier molecular flexibility index (Phi) is 6.67. The second-order valence-corrected chi connectivity index (χ2v) is 7.67. The monoisotopic (exact) mass is 431 g/mol. The largest absolute Gasteiger partial charge is 0.452 e. The number of aryl methyl sites for hydroxylation is 1. The van der Waals surface area contributed by atoms with E-state index in [0.29, 0.717) is 23.1 Å². The molecule has 4 nitrogen and oxygen atoms in total. The van der Waals surface area contributed by atoms with Crippen molar-refractivity contribution in [1.29, 1.82) is 0 Å². The first-order chi connectivity index (χ1) is 14.2. The fourth-order valence-corrected chi connectivity index (χ4v) is 2.93. The smallest absolute Gasteiger partial charge is 0.346 e. The van der Waals surface area contributed by atoms with Gasteiger partial charge in [0, 0.05) is 12.1 Å². The minimum Gasteiger partial charge on any atom is -0.452 e. The second kappa shape index (κ2) is 9.22. The van der Waals surface area contributed by atoms with E-state index in [4.69, 9.17) is 21.1 Å². The van der Waals surface area contributed by atoms with Crippen LogP contribution in [-0.2, 0) is 6.42 Å². The van der Waals surface area contributed by atoms with Crippen molar-refractivity contribution in [3.05, 3.63) is 82.1 Å². The third-order valence-corrected chi connectivity index (χ3v) is 4.52. The number of halogens is 3. The van der Waals surface area contributed by atoms with Crippen LogP contribution in [0.5, 0.6) is 17.2 Å². The third-order valence-electron chi connectivity index (χ3n) is 4.19. The summed E-state index contributed by atoms with van der Waals surface area (Å²) in [6, 6.07) is 9.63. The van der Waals surface area contributed by atoms with Gasteiger partial charge in [0.05, 0.1) is 22.5 Å². The van der Waals surface area contributed by atoms with Crippen molar-refractivity contribution < 1.29 is 23.0 Å². The number of rotatable bonds is 6. The van der Waals surface area contributed by atoms with E-state index < -0.39 is 28.9 Å². The van der Waals surface area contributed by atoms with Crippen molar-refractivity contribution in [2.75, 3.05) is 0 Å². The van der Waals surface area contributed by atoms with Crippen LogP contribution in [0.3, 0.4) is 0 Å². The first kappa shape index (κ1) is 21.7. The van der Waals surface area contributed by atoms with Crippen LogP contribution in [0.25, 0.3) is 0 Å². The number of hydrogen-bond acceptors (Lipinski definition) is 4. The Labute approximate surface area is 178 Å². The van der Waals surface area contributed by atoms with Crippen LogP contribution < -0.4 is 9.47 Å². The van der Waals surface area contributed by atoms with Crippen molar-refractivity contribution in [3.8, 4) is 17.2 Å². The van der Waals surface area contributed by atoms with E-state index in [1.165, 1.54) is 12.3 Å². The van der Waals surface area contributed by atoms with Crippen LogP contribution in [0, 0.1) is 24.5 Å². The number of esters is 1. The molecule has 30 heavy (non-hydrogen) atoms. The van der Waals surface area contributed by atoms with Gasteiger partial charge in [-0.3, -0.25) is 4.98 Å². The minimum absolute atomic E-state index is 0.154. The Morgan fingerprint density at radius 2 is 1.77 bits per heavy atom. The van der Waals surface area contributed by atoms with E-state index in [1.807, 2.05) is 20.8 Å². The van der Waals surface area contributed by atoms with Crippen LogP contribution in [0.15, 0.2) is 48.7 Å². The SMILES string of the molecule is Cc1ccc(OC(=O)c2cc(F)c(Oc3cnc(CC(C)C)c(Cl)c3)cc2F)cc1. The fraction of sp³-hybridized carbons (Fsp3) is 0.217. The van der Waals surface area contributed by atoms with Crippen molar-refractivity contribution >= 4 is 17.6 Å². The van der Waals surface area contributed by atoms with Crippen molar-refractivity contribution in [2.24, 2.45) is 5.92 Å². The number of nitrogens with zero attached hydrogens (tertiary/aromatic N) is 1. The standard InChI is InChI=1S/C23H20ClF2NO3/c1-13(2)8-21-18(24)9-16(12-27-21)29-22-11-19(25)17(10-20(22)26)23(28)30-15-6-4-14(3)5-7-15/h4-7,9-13H,8H2,1-3H3. The summed E-state index contributed by atoms with van der Waals surface area (Å²) in [5, 5.41) is 0.375. The highest BCUT2D eigenvalue weighted by Crippen LogP contribution is 2.30. The average Bonchev–Trinajstić information content (AvgIpc) is 2.68. The predicted octanol–water partition coefficient (Wildman–Crippen LogP) is 6.53.